The molecule has 0 N–H and O–H groups in total. The number of carbonyl (C=O) groups is 1. The van der Waals surface area contributed by atoms with E-state index in [-0.39, 0.29) is 11.9 Å². The van der Waals surface area contributed by atoms with Gasteiger partial charge in [0.15, 0.2) is 0 Å². The number of hydrogen-bond acceptors (Lipinski definition) is 3. The number of halogens is 2. The summed E-state index contributed by atoms with van der Waals surface area (Å²) in [5, 5.41) is 0. The van der Waals surface area contributed by atoms with Gasteiger partial charge < -0.3 is 9.64 Å². The van der Waals surface area contributed by atoms with E-state index in [2.05, 4.69) is 4.90 Å². The van der Waals surface area contributed by atoms with Crippen molar-refractivity contribution in [3.8, 4) is 5.75 Å². The summed E-state index contributed by atoms with van der Waals surface area (Å²) in [6, 6.07) is 11.3. The molecule has 0 bridgehead atoms. The molecule has 1 amide bonds. The second kappa shape index (κ2) is 9.83. The lowest BCUT2D eigenvalue weighted by Gasteiger charge is -2.28. The molecule has 1 heterocycles. The lowest BCUT2D eigenvalue weighted by atomic mass is 10.1. The second-order valence-electron chi connectivity index (χ2n) is 7.46. The fraction of sp³-hybridized carbons (Fsp3) is 0.435. The third-order valence-electron chi connectivity index (χ3n) is 5.63. The van der Waals surface area contributed by atoms with Crippen LogP contribution in [0.25, 0.3) is 0 Å². The van der Waals surface area contributed by atoms with Crippen molar-refractivity contribution in [3.05, 3.63) is 65.2 Å². The van der Waals surface area contributed by atoms with E-state index < -0.39 is 11.6 Å². The van der Waals surface area contributed by atoms with Crippen LogP contribution in [0.1, 0.15) is 36.9 Å². The van der Waals surface area contributed by atoms with Gasteiger partial charge in [0.2, 0.25) is 5.91 Å². The fourth-order valence-corrected chi connectivity index (χ4v) is 3.81. The molecule has 4 nitrogen and oxygen atoms in total. The van der Waals surface area contributed by atoms with Gasteiger partial charge in [-0.25, -0.2) is 8.78 Å². The molecule has 1 atom stereocenters. The van der Waals surface area contributed by atoms with Crippen molar-refractivity contribution in [2.24, 2.45) is 0 Å². The second-order valence-corrected chi connectivity index (χ2v) is 7.46. The van der Waals surface area contributed by atoms with Gasteiger partial charge in [0.1, 0.15) is 17.4 Å². The number of rotatable bonds is 6. The molecule has 3 rings (SSSR count). The molecule has 6 heteroatoms. The number of amides is 1. The summed E-state index contributed by atoms with van der Waals surface area (Å²) in [5.41, 5.74) is 1.60. The molecule has 1 aliphatic heterocycles. The molecular weight excluding hydrogens is 374 g/mol. The van der Waals surface area contributed by atoms with Crippen LogP contribution < -0.4 is 4.74 Å². The average Bonchev–Trinajstić information content (AvgIpc) is 2.98. The van der Waals surface area contributed by atoms with Gasteiger partial charge in [-0.3, -0.25) is 9.69 Å². The van der Waals surface area contributed by atoms with Gasteiger partial charge >= 0.3 is 0 Å². The number of nitrogens with zero attached hydrogens (tertiary/aromatic N) is 2. The van der Waals surface area contributed by atoms with Crippen LogP contribution in [0.4, 0.5) is 8.78 Å². The first-order valence-corrected chi connectivity index (χ1v) is 10.1. The van der Waals surface area contributed by atoms with Crippen LogP contribution in [0.15, 0.2) is 42.5 Å². The van der Waals surface area contributed by atoms with Gasteiger partial charge in [-0.15, -0.1) is 0 Å². The van der Waals surface area contributed by atoms with Gasteiger partial charge in [0.25, 0.3) is 0 Å². The first-order chi connectivity index (χ1) is 14.0. The standard InChI is InChI=1S/C23H28F2N2O2/c1-17(21-10-7-19(24)16-22(21)25)26-12-3-13-27(15-14-26)23(28)11-6-18-4-8-20(29-2)9-5-18/h4-5,7-10,16-17H,3,6,11-15H2,1-2H3. The minimum absolute atomic E-state index is 0.142. The predicted octanol–water partition coefficient (Wildman–Crippen LogP) is 4.20. The maximum Gasteiger partial charge on any atom is 0.222 e. The highest BCUT2D eigenvalue weighted by Crippen LogP contribution is 2.25. The Kier molecular flexibility index (Phi) is 7.20. The molecule has 2 aromatic rings. The number of ether oxygens (including phenoxy) is 1. The van der Waals surface area contributed by atoms with Crippen molar-refractivity contribution in [2.75, 3.05) is 33.3 Å². The predicted molar refractivity (Wildman–Crippen MR) is 109 cm³/mol. The van der Waals surface area contributed by atoms with Gasteiger partial charge in [-0.2, -0.15) is 0 Å². The Labute approximate surface area is 171 Å². The number of benzene rings is 2. The average molecular weight is 402 g/mol. The smallest absolute Gasteiger partial charge is 0.222 e. The van der Waals surface area contributed by atoms with E-state index in [9.17, 15) is 13.6 Å². The Morgan fingerprint density at radius 1 is 1.07 bits per heavy atom. The van der Waals surface area contributed by atoms with Crippen LogP contribution in [0, 0.1) is 11.6 Å². The SMILES string of the molecule is COc1ccc(CCC(=O)N2CCCN(C(C)c3ccc(F)cc3F)CC2)cc1. The van der Waals surface area contributed by atoms with E-state index in [4.69, 9.17) is 4.74 Å². The van der Waals surface area contributed by atoms with E-state index in [1.807, 2.05) is 36.1 Å². The topological polar surface area (TPSA) is 32.8 Å². The molecule has 0 saturated carbocycles. The monoisotopic (exact) mass is 402 g/mol. The zero-order valence-electron chi connectivity index (χ0n) is 17.0. The van der Waals surface area contributed by atoms with Crippen molar-refractivity contribution in [1.29, 1.82) is 0 Å². The van der Waals surface area contributed by atoms with Crippen LogP contribution in [0.5, 0.6) is 5.75 Å². The third-order valence-corrected chi connectivity index (χ3v) is 5.63. The summed E-state index contributed by atoms with van der Waals surface area (Å²) in [5.74, 6) is -0.139. The zero-order valence-corrected chi connectivity index (χ0v) is 17.0. The molecule has 1 fully saturated rings. The first kappa shape index (κ1) is 21.2. The Balaban J connectivity index is 1.53. The first-order valence-electron chi connectivity index (χ1n) is 10.1. The van der Waals surface area contributed by atoms with E-state index in [0.29, 0.717) is 38.0 Å². The Morgan fingerprint density at radius 3 is 2.52 bits per heavy atom. The van der Waals surface area contributed by atoms with E-state index >= 15 is 0 Å². The third kappa shape index (κ3) is 5.54. The van der Waals surface area contributed by atoms with Gasteiger partial charge in [-0.05, 0) is 43.5 Å². The molecule has 1 saturated heterocycles. The molecular formula is C23H28F2N2O2. The molecule has 1 unspecified atom stereocenters. The molecule has 156 valence electrons. The van der Waals surface area contributed by atoms with Crippen molar-refractivity contribution >= 4 is 5.91 Å². The molecule has 0 aromatic heterocycles. The van der Waals surface area contributed by atoms with Crippen LogP contribution >= 0.6 is 0 Å². The van der Waals surface area contributed by atoms with Crippen molar-refractivity contribution < 1.29 is 18.3 Å². The van der Waals surface area contributed by atoms with Crippen molar-refractivity contribution in [1.82, 2.24) is 9.80 Å². The van der Waals surface area contributed by atoms with Crippen LogP contribution in [0.3, 0.4) is 0 Å². The van der Waals surface area contributed by atoms with E-state index in [1.165, 1.54) is 12.1 Å². The van der Waals surface area contributed by atoms with Crippen LogP contribution in [-0.4, -0.2) is 49.0 Å². The van der Waals surface area contributed by atoms with Gasteiger partial charge in [-0.1, -0.05) is 18.2 Å². The van der Waals surface area contributed by atoms with Crippen molar-refractivity contribution in [3.63, 3.8) is 0 Å². The summed E-state index contributed by atoms with van der Waals surface area (Å²) < 4.78 is 32.5. The molecule has 0 spiro atoms. The highest BCUT2D eigenvalue weighted by Gasteiger charge is 2.24. The number of methoxy groups -OCH3 is 1. The summed E-state index contributed by atoms with van der Waals surface area (Å²) in [6.07, 6.45) is 2.00. The highest BCUT2D eigenvalue weighted by molar-refractivity contribution is 5.76. The number of aryl methyl sites for hydroxylation is 1. The lowest BCUT2D eigenvalue weighted by molar-refractivity contribution is -0.131. The van der Waals surface area contributed by atoms with Gasteiger partial charge in [0, 0.05) is 50.3 Å². The maximum atomic E-state index is 14.1. The normalized spacial score (nSPS) is 16.3. The molecule has 0 radical (unpaired) electrons. The minimum atomic E-state index is -0.567. The Hall–Kier alpha value is -2.47. The van der Waals surface area contributed by atoms with Crippen LogP contribution in [0.2, 0.25) is 0 Å². The van der Waals surface area contributed by atoms with Gasteiger partial charge in [0.05, 0.1) is 7.11 Å². The quantitative estimate of drug-likeness (QED) is 0.726. The van der Waals surface area contributed by atoms with E-state index in [0.717, 1.165) is 30.3 Å². The molecule has 29 heavy (non-hydrogen) atoms. The minimum Gasteiger partial charge on any atom is -0.497 e. The molecule has 1 aliphatic rings. The summed E-state index contributed by atoms with van der Waals surface area (Å²) in [7, 11) is 1.63. The lowest BCUT2D eigenvalue weighted by Crippen LogP contribution is -2.36. The summed E-state index contributed by atoms with van der Waals surface area (Å²) in [4.78, 5) is 16.7. The largest absolute Gasteiger partial charge is 0.497 e. The Morgan fingerprint density at radius 2 is 1.83 bits per heavy atom. The number of carbonyl (C=O) groups excluding carboxylic acids is 1. The maximum absolute atomic E-state index is 14.1. The highest BCUT2D eigenvalue weighted by atomic mass is 19.1. The zero-order chi connectivity index (χ0) is 20.8. The fourth-order valence-electron chi connectivity index (χ4n) is 3.81. The van der Waals surface area contributed by atoms with E-state index in [1.54, 1.807) is 7.11 Å². The summed E-state index contributed by atoms with van der Waals surface area (Å²) >= 11 is 0. The Bertz CT molecular complexity index is 826. The molecule has 2 aromatic carbocycles. The molecule has 0 aliphatic carbocycles. The number of hydrogen-bond donors (Lipinski definition) is 0. The van der Waals surface area contributed by atoms with Crippen molar-refractivity contribution in [2.45, 2.75) is 32.2 Å². The summed E-state index contributed by atoms with van der Waals surface area (Å²) in [6.45, 7) is 4.70. The van der Waals surface area contributed by atoms with Crippen LogP contribution in [-0.2, 0) is 11.2 Å².